The van der Waals surface area contributed by atoms with Crippen molar-refractivity contribution in [1.82, 2.24) is 4.90 Å². The van der Waals surface area contributed by atoms with E-state index < -0.39 is 17.1 Å². The van der Waals surface area contributed by atoms with Crippen molar-refractivity contribution in [3.8, 4) is 5.75 Å². The largest absolute Gasteiger partial charge is 0.497 e. The van der Waals surface area contributed by atoms with Crippen LogP contribution in [0, 0.1) is 0 Å². The van der Waals surface area contributed by atoms with Gasteiger partial charge in [0.15, 0.2) is 0 Å². The van der Waals surface area contributed by atoms with Crippen LogP contribution in [-0.2, 0) is 14.3 Å². The molecule has 1 N–H and O–H groups in total. The summed E-state index contributed by atoms with van der Waals surface area (Å²) in [7, 11) is 1.56. The highest BCUT2D eigenvalue weighted by molar-refractivity contribution is 8.18. The van der Waals surface area contributed by atoms with Gasteiger partial charge < -0.3 is 19.7 Å². The molecule has 8 nitrogen and oxygen atoms in total. The lowest BCUT2D eigenvalue weighted by Crippen LogP contribution is -2.38. The first-order chi connectivity index (χ1) is 15.5. The quantitative estimate of drug-likeness (QED) is 0.672. The van der Waals surface area contributed by atoms with Gasteiger partial charge in [-0.15, -0.1) is 0 Å². The van der Waals surface area contributed by atoms with E-state index in [0.29, 0.717) is 24.7 Å². The number of para-hydroxylation sites is 2. The summed E-state index contributed by atoms with van der Waals surface area (Å²) in [5.74, 6) is -0.272. The number of rotatable bonds is 6. The van der Waals surface area contributed by atoms with Crippen molar-refractivity contribution in [2.24, 2.45) is 0 Å². The van der Waals surface area contributed by atoms with Crippen molar-refractivity contribution in [2.75, 3.05) is 50.2 Å². The summed E-state index contributed by atoms with van der Waals surface area (Å²) in [6.07, 6.45) is 1.62. The molecule has 0 unspecified atom stereocenters. The van der Waals surface area contributed by atoms with Crippen LogP contribution in [-0.4, -0.2) is 61.9 Å². The molecule has 2 aromatic carbocycles. The van der Waals surface area contributed by atoms with Gasteiger partial charge in [-0.2, -0.15) is 0 Å². The minimum Gasteiger partial charge on any atom is -0.497 e. The molecule has 0 saturated carbocycles. The predicted molar refractivity (Wildman–Crippen MR) is 124 cm³/mol. The monoisotopic (exact) mass is 453 g/mol. The zero-order chi connectivity index (χ0) is 22.5. The lowest BCUT2D eigenvalue weighted by Gasteiger charge is -2.30. The number of amides is 3. The third kappa shape index (κ3) is 4.95. The Hall–Kier alpha value is -3.30. The number of carbonyl (C=O) groups excluding carboxylic acids is 3. The number of carbonyl (C=O) groups is 3. The molecule has 166 valence electrons. The van der Waals surface area contributed by atoms with Gasteiger partial charge in [0.05, 0.1) is 36.6 Å². The van der Waals surface area contributed by atoms with E-state index in [1.165, 1.54) is 0 Å². The number of ether oxygens (including phenoxy) is 2. The van der Waals surface area contributed by atoms with Crippen LogP contribution in [0.2, 0.25) is 0 Å². The molecule has 2 aliphatic heterocycles. The highest BCUT2D eigenvalue weighted by Crippen LogP contribution is 2.33. The summed E-state index contributed by atoms with van der Waals surface area (Å²) >= 11 is 0.820. The molecule has 2 aromatic rings. The van der Waals surface area contributed by atoms with Gasteiger partial charge in [0, 0.05) is 13.1 Å². The molecule has 32 heavy (non-hydrogen) atoms. The van der Waals surface area contributed by atoms with E-state index in [2.05, 4.69) is 10.2 Å². The van der Waals surface area contributed by atoms with Crippen LogP contribution in [0.5, 0.6) is 5.75 Å². The van der Waals surface area contributed by atoms with Gasteiger partial charge in [0.25, 0.3) is 11.1 Å². The molecule has 2 fully saturated rings. The van der Waals surface area contributed by atoms with Gasteiger partial charge in [-0.25, -0.2) is 0 Å². The molecule has 2 heterocycles. The van der Waals surface area contributed by atoms with E-state index in [1.807, 2.05) is 24.3 Å². The van der Waals surface area contributed by atoms with E-state index in [4.69, 9.17) is 9.47 Å². The predicted octanol–water partition coefficient (Wildman–Crippen LogP) is 3.21. The number of imide groups is 1. The summed E-state index contributed by atoms with van der Waals surface area (Å²) in [4.78, 5) is 41.2. The van der Waals surface area contributed by atoms with Gasteiger partial charge in [-0.3, -0.25) is 19.3 Å². The average molecular weight is 454 g/mol. The highest BCUT2D eigenvalue weighted by atomic mass is 32.2. The molecule has 3 amide bonds. The second kappa shape index (κ2) is 9.88. The minimum absolute atomic E-state index is 0.268. The molecule has 2 saturated heterocycles. The number of anilines is 2. The highest BCUT2D eigenvalue weighted by Gasteiger charge is 2.36. The molecule has 9 heteroatoms. The van der Waals surface area contributed by atoms with Gasteiger partial charge in [0.1, 0.15) is 12.3 Å². The molecule has 0 radical (unpaired) electrons. The molecule has 4 rings (SSSR count). The Bertz CT molecular complexity index is 1070. The zero-order valence-electron chi connectivity index (χ0n) is 17.6. The van der Waals surface area contributed by atoms with E-state index >= 15 is 0 Å². The minimum atomic E-state index is -0.487. The van der Waals surface area contributed by atoms with Gasteiger partial charge in [-0.05, 0) is 47.7 Å². The van der Waals surface area contributed by atoms with Crippen molar-refractivity contribution >= 4 is 46.3 Å². The van der Waals surface area contributed by atoms with Crippen LogP contribution < -0.4 is 15.0 Å². The Morgan fingerprint density at radius 1 is 1.16 bits per heavy atom. The molecule has 0 spiro atoms. The first-order valence-corrected chi connectivity index (χ1v) is 11.0. The molecule has 0 atom stereocenters. The zero-order valence-corrected chi connectivity index (χ0v) is 18.4. The van der Waals surface area contributed by atoms with E-state index in [-0.39, 0.29) is 11.4 Å². The van der Waals surface area contributed by atoms with E-state index in [9.17, 15) is 14.4 Å². The number of hydrogen-bond donors (Lipinski definition) is 1. The smallest absolute Gasteiger partial charge is 0.294 e. The Balaban J connectivity index is 1.44. The number of nitrogens with zero attached hydrogens (tertiary/aromatic N) is 2. The Morgan fingerprint density at radius 3 is 2.72 bits per heavy atom. The fourth-order valence-electron chi connectivity index (χ4n) is 3.51. The van der Waals surface area contributed by atoms with Crippen LogP contribution in [0.3, 0.4) is 0 Å². The Labute approximate surface area is 190 Å². The Morgan fingerprint density at radius 2 is 1.94 bits per heavy atom. The third-order valence-electron chi connectivity index (χ3n) is 5.10. The van der Waals surface area contributed by atoms with Gasteiger partial charge in [0.2, 0.25) is 5.91 Å². The fraction of sp³-hybridized carbons (Fsp3) is 0.261. The second-order valence-electron chi connectivity index (χ2n) is 7.21. The lowest BCUT2D eigenvalue weighted by molar-refractivity contribution is -0.127. The third-order valence-corrected chi connectivity index (χ3v) is 6.00. The molecule has 0 bridgehead atoms. The standard InChI is InChI=1S/C23H23N3O5S/c1-30-17-6-4-5-16(13-17)14-20-22(28)26(23(29)32-20)15-21(27)24-18-7-2-3-8-19(18)25-9-11-31-12-10-25/h2-8,13-14H,9-12,15H2,1H3,(H,24,27)/b20-14+. The normalized spacial score (nSPS) is 17.7. The summed E-state index contributed by atoms with van der Waals surface area (Å²) in [5, 5.41) is 2.37. The van der Waals surface area contributed by atoms with Crippen molar-refractivity contribution in [3.05, 3.63) is 59.0 Å². The lowest BCUT2D eigenvalue weighted by atomic mass is 10.2. The van der Waals surface area contributed by atoms with Crippen LogP contribution in [0.15, 0.2) is 53.4 Å². The maximum absolute atomic E-state index is 12.8. The number of methoxy groups -OCH3 is 1. The van der Waals surface area contributed by atoms with Gasteiger partial charge >= 0.3 is 0 Å². The summed E-state index contributed by atoms with van der Waals surface area (Å²) in [5.41, 5.74) is 2.26. The molecular weight excluding hydrogens is 430 g/mol. The van der Waals surface area contributed by atoms with Crippen LogP contribution in [0.4, 0.5) is 16.2 Å². The van der Waals surface area contributed by atoms with Crippen molar-refractivity contribution in [2.45, 2.75) is 0 Å². The van der Waals surface area contributed by atoms with Crippen LogP contribution >= 0.6 is 11.8 Å². The fourth-order valence-corrected chi connectivity index (χ4v) is 4.35. The number of benzene rings is 2. The number of morpholine rings is 1. The van der Waals surface area contributed by atoms with E-state index in [1.54, 1.807) is 37.5 Å². The molecule has 0 aliphatic carbocycles. The van der Waals surface area contributed by atoms with Crippen molar-refractivity contribution in [1.29, 1.82) is 0 Å². The van der Waals surface area contributed by atoms with Crippen molar-refractivity contribution < 1.29 is 23.9 Å². The maximum atomic E-state index is 12.8. The molecule has 2 aliphatic rings. The SMILES string of the molecule is COc1cccc(/C=C2/SC(=O)N(CC(=O)Nc3ccccc3N3CCOCC3)C2=O)c1. The first kappa shape index (κ1) is 21.9. The second-order valence-corrected chi connectivity index (χ2v) is 8.20. The molecule has 0 aromatic heterocycles. The number of thioether (sulfide) groups is 1. The first-order valence-electron chi connectivity index (χ1n) is 10.2. The number of hydrogen-bond acceptors (Lipinski definition) is 7. The maximum Gasteiger partial charge on any atom is 0.294 e. The van der Waals surface area contributed by atoms with Gasteiger partial charge in [-0.1, -0.05) is 24.3 Å². The topological polar surface area (TPSA) is 88.2 Å². The average Bonchev–Trinajstić information content (AvgIpc) is 3.07. The summed E-state index contributed by atoms with van der Waals surface area (Å²) < 4.78 is 10.6. The van der Waals surface area contributed by atoms with E-state index in [0.717, 1.165) is 41.0 Å². The van der Waals surface area contributed by atoms with Crippen molar-refractivity contribution in [3.63, 3.8) is 0 Å². The Kier molecular flexibility index (Phi) is 6.77. The summed E-state index contributed by atoms with van der Waals surface area (Å²) in [6, 6.07) is 14.6. The van der Waals surface area contributed by atoms with Crippen LogP contribution in [0.1, 0.15) is 5.56 Å². The van der Waals surface area contributed by atoms with Crippen LogP contribution in [0.25, 0.3) is 6.08 Å². The summed E-state index contributed by atoms with van der Waals surface area (Å²) in [6.45, 7) is 2.35. The molecular formula is C23H23N3O5S. The number of nitrogens with one attached hydrogen (secondary N) is 1.